The molecular formula is C37H39FN4O4. The van der Waals surface area contributed by atoms with Crippen LogP contribution in [0.4, 0.5) is 15.8 Å². The monoisotopic (exact) mass is 622 g/mol. The van der Waals surface area contributed by atoms with Crippen molar-refractivity contribution in [3.05, 3.63) is 125 Å². The second-order valence-electron chi connectivity index (χ2n) is 11.3. The van der Waals surface area contributed by atoms with Crippen molar-refractivity contribution in [3.8, 4) is 5.75 Å². The highest BCUT2D eigenvalue weighted by atomic mass is 19.1. The third-order valence-corrected chi connectivity index (χ3v) is 8.25. The van der Waals surface area contributed by atoms with E-state index in [4.69, 9.17) is 4.74 Å². The normalized spacial score (nSPS) is 13.8. The largest absolute Gasteiger partial charge is 0.497 e. The van der Waals surface area contributed by atoms with E-state index < -0.39 is 0 Å². The van der Waals surface area contributed by atoms with Gasteiger partial charge in [0.2, 0.25) is 5.91 Å². The minimum atomic E-state index is -0.348. The van der Waals surface area contributed by atoms with Crippen LogP contribution in [0, 0.1) is 5.82 Å². The number of carbonyl (C=O) groups excluding carboxylic acids is 3. The molecule has 1 saturated heterocycles. The Labute approximate surface area is 269 Å². The Morgan fingerprint density at radius 1 is 0.848 bits per heavy atom. The van der Waals surface area contributed by atoms with Gasteiger partial charge in [-0.2, -0.15) is 0 Å². The number of amides is 3. The van der Waals surface area contributed by atoms with Crippen LogP contribution < -0.4 is 20.3 Å². The van der Waals surface area contributed by atoms with Gasteiger partial charge in [0.15, 0.2) is 0 Å². The summed E-state index contributed by atoms with van der Waals surface area (Å²) in [7, 11) is 1.54. The lowest BCUT2D eigenvalue weighted by molar-refractivity contribution is -0.132. The predicted molar refractivity (Wildman–Crippen MR) is 178 cm³/mol. The molecular weight excluding hydrogens is 583 g/mol. The maximum absolute atomic E-state index is 13.7. The number of anilines is 2. The fourth-order valence-corrected chi connectivity index (χ4v) is 5.76. The lowest BCUT2D eigenvalue weighted by Gasteiger charge is -2.28. The number of nitrogens with one attached hydrogen (secondary N) is 2. The van der Waals surface area contributed by atoms with Crippen molar-refractivity contribution in [2.24, 2.45) is 0 Å². The molecule has 8 nitrogen and oxygen atoms in total. The fourth-order valence-electron chi connectivity index (χ4n) is 5.76. The van der Waals surface area contributed by atoms with Gasteiger partial charge in [-0.15, -0.1) is 0 Å². The van der Waals surface area contributed by atoms with E-state index in [-0.39, 0.29) is 36.0 Å². The van der Waals surface area contributed by atoms with Gasteiger partial charge < -0.3 is 25.2 Å². The number of rotatable bonds is 10. The van der Waals surface area contributed by atoms with E-state index >= 15 is 0 Å². The van der Waals surface area contributed by atoms with Crippen LogP contribution in [0.5, 0.6) is 5.75 Å². The summed E-state index contributed by atoms with van der Waals surface area (Å²) in [4.78, 5) is 44.4. The summed E-state index contributed by atoms with van der Waals surface area (Å²) in [5.41, 5.74) is 3.75. The van der Waals surface area contributed by atoms with Crippen LogP contribution in [-0.2, 0) is 11.3 Å². The smallest absolute Gasteiger partial charge is 0.255 e. The second-order valence-corrected chi connectivity index (χ2v) is 11.3. The van der Waals surface area contributed by atoms with E-state index in [0.29, 0.717) is 60.9 Å². The predicted octanol–water partition coefficient (Wildman–Crippen LogP) is 6.25. The van der Waals surface area contributed by atoms with Gasteiger partial charge in [-0.05, 0) is 72.5 Å². The minimum Gasteiger partial charge on any atom is -0.497 e. The number of hydrogen-bond acceptors (Lipinski definition) is 5. The summed E-state index contributed by atoms with van der Waals surface area (Å²) in [5.74, 6) is -0.538. The third-order valence-electron chi connectivity index (χ3n) is 8.25. The van der Waals surface area contributed by atoms with E-state index in [0.717, 1.165) is 17.5 Å². The van der Waals surface area contributed by atoms with E-state index in [9.17, 15) is 18.8 Å². The molecule has 1 heterocycles. The van der Waals surface area contributed by atoms with Gasteiger partial charge >= 0.3 is 0 Å². The Hall–Kier alpha value is -5.18. The molecule has 46 heavy (non-hydrogen) atoms. The van der Waals surface area contributed by atoms with Crippen LogP contribution in [0.15, 0.2) is 97.1 Å². The van der Waals surface area contributed by atoms with Gasteiger partial charge in [0, 0.05) is 49.7 Å². The molecule has 0 bridgehead atoms. The Kier molecular flexibility index (Phi) is 10.7. The Morgan fingerprint density at radius 3 is 2.37 bits per heavy atom. The Bertz CT molecular complexity index is 1660. The third kappa shape index (κ3) is 7.90. The number of halogens is 1. The minimum absolute atomic E-state index is 0.114. The van der Waals surface area contributed by atoms with E-state index in [2.05, 4.69) is 15.5 Å². The molecule has 0 aromatic heterocycles. The van der Waals surface area contributed by atoms with Crippen molar-refractivity contribution < 1.29 is 23.5 Å². The molecule has 1 aliphatic heterocycles. The van der Waals surface area contributed by atoms with Crippen molar-refractivity contribution in [1.82, 2.24) is 10.2 Å². The van der Waals surface area contributed by atoms with Crippen molar-refractivity contribution in [1.29, 1.82) is 0 Å². The standard InChI is InChI=1S/C37H39FN4O4/c1-3-32(27-9-5-4-6-10-27)37(45)42-20-8-19-41(21-22-42)34-18-17-30(40-35(43)28-11-7-12-31(23-28)46-2)24-33(34)36(44)39-25-26-13-15-29(38)16-14-26/h4-7,9-18,23-24,32H,3,8,19-22,25H2,1-2H3,(H,39,44)(H,40,43). The van der Waals surface area contributed by atoms with Gasteiger partial charge in [-0.3, -0.25) is 14.4 Å². The topological polar surface area (TPSA) is 91.0 Å². The van der Waals surface area contributed by atoms with Crippen LogP contribution in [0.25, 0.3) is 0 Å². The molecule has 0 saturated carbocycles. The fraction of sp³-hybridized carbons (Fsp3) is 0.270. The van der Waals surface area contributed by atoms with Gasteiger partial charge in [0.25, 0.3) is 11.8 Å². The number of methoxy groups -OCH3 is 1. The summed E-state index contributed by atoms with van der Waals surface area (Å²) in [6, 6.07) is 27.9. The van der Waals surface area contributed by atoms with Crippen molar-refractivity contribution >= 4 is 29.1 Å². The first-order valence-corrected chi connectivity index (χ1v) is 15.6. The highest BCUT2D eigenvalue weighted by molar-refractivity contribution is 6.06. The molecule has 3 amide bonds. The van der Waals surface area contributed by atoms with Crippen molar-refractivity contribution in [2.75, 3.05) is 43.5 Å². The molecule has 1 atom stereocenters. The molecule has 238 valence electrons. The molecule has 1 fully saturated rings. The number of nitrogens with zero attached hydrogens (tertiary/aromatic N) is 2. The maximum Gasteiger partial charge on any atom is 0.255 e. The molecule has 0 aliphatic carbocycles. The quantitative estimate of drug-likeness (QED) is 0.218. The summed E-state index contributed by atoms with van der Waals surface area (Å²) >= 11 is 0. The average molecular weight is 623 g/mol. The van der Waals surface area contributed by atoms with E-state index in [1.54, 1.807) is 48.5 Å². The van der Waals surface area contributed by atoms with Gasteiger partial charge in [0.05, 0.1) is 18.6 Å². The number of benzene rings is 4. The molecule has 1 unspecified atom stereocenters. The Balaban J connectivity index is 1.36. The lowest BCUT2D eigenvalue weighted by Crippen LogP contribution is -2.38. The van der Waals surface area contributed by atoms with Crippen molar-refractivity contribution in [3.63, 3.8) is 0 Å². The first-order chi connectivity index (χ1) is 22.4. The zero-order valence-corrected chi connectivity index (χ0v) is 26.2. The van der Waals surface area contributed by atoms with Crippen molar-refractivity contribution in [2.45, 2.75) is 32.2 Å². The number of hydrogen-bond donors (Lipinski definition) is 2. The maximum atomic E-state index is 13.7. The van der Waals surface area contributed by atoms with Gasteiger partial charge in [-0.1, -0.05) is 55.5 Å². The number of carbonyl (C=O) groups is 3. The van der Waals surface area contributed by atoms with E-state index in [1.807, 2.05) is 48.2 Å². The van der Waals surface area contributed by atoms with Crippen LogP contribution in [0.2, 0.25) is 0 Å². The SMILES string of the molecule is CCC(C(=O)N1CCCN(c2ccc(NC(=O)c3cccc(OC)c3)cc2C(=O)NCc2ccc(F)cc2)CC1)c1ccccc1. The zero-order valence-electron chi connectivity index (χ0n) is 26.2. The second kappa shape index (κ2) is 15.2. The highest BCUT2D eigenvalue weighted by Gasteiger charge is 2.27. The molecule has 0 radical (unpaired) electrons. The summed E-state index contributed by atoms with van der Waals surface area (Å²) in [6.45, 7) is 4.58. The zero-order chi connectivity index (χ0) is 32.5. The van der Waals surface area contributed by atoms with Gasteiger partial charge in [0.1, 0.15) is 11.6 Å². The Morgan fingerprint density at radius 2 is 1.63 bits per heavy atom. The average Bonchev–Trinajstić information content (AvgIpc) is 3.35. The molecule has 4 aromatic carbocycles. The van der Waals surface area contributed by atoms with E-state index in [1.165, 1.54) is 19.2 Å². The first-order valence-electron chi connectivity index (χ1n) is 15.6. The van der Waals surface area contributed by atoms with Crippen LogP contribution in [-0.4, -0.2) is 55.9 Å². The number of ether oxygens (including phenoxy) is 1. The van der Waals surface area contributed by atoms with Crippen LogP contribution in [0.1, 0.15) is 57.5 Å². The molecule has 9 heteroatoms. The molecule has 5 rings (SSSR count). The van der Waals surface area contributed by atoms with Crippen LogP contribution in [0.3, 0.4) is 0 Å². The summed E-state index contributed by atoms with van der Waals surface area (Å²) in [6.07, 6.45) is 1.45. The molecule has 2 N–H and O–H groups in total. The first kappa shape index (κ1) is 32.2. The lowest BCUT2D eigenvalue weighted by atomic mass is 9.95. The summed E-state index contributed by atoms with van der Waals surface area (Å²) in [5, 5.41) is 5.84. The molecule has 0 spiro atoms. The van der Waals surface area contributed by atoms with Gasteiger partial charge in [-0.25, -0.2) is 4.39 Å². The highest BCUT2D eigenvalue weighted by Crippen LogP contribution is 2.28. The molecule has 1 aliphatic rings. The summed E-state index contributed by atoms with van der Waals surface area (Å²) < 4.78 is 18.7. The van der Waals surface area contributed by atoms with Crippen LogP contribution >= 0.6 is 0 Å². The molecule has 4 aromatic rings.